The minimum atomic E-state index is -1.41. The second kappa shape index (κ2) is 13.6. The van der Waals surface area contributed by atoms with Crippen molar-refractivity contribution in [3.63, 3.8) is 0 Å². The van der Waals surface area contributed by atoms with Crippen molar-refractivity contribution >= 4 is 30.7 Å². The smallest absolute Gasteiger partial charge is 0.310 e. The molecule has 1 aromatic heterocycles. The number of carbonyl (C=O) groups is 2. The number of hydrogen-bond donors (Lipinski definition) is 0. The van der Waals surface area contributed by atoms with Crippen molar-refractivity contribution in [2.45, 2.75) is 78.2 Å². The van der Waals surface area contributed by atoms with Gasteiger partial charge in [0.05, 0.1) is 31.1 Å². The molecule has 4 rings (SSSR count). The third-order valence-electron chi connectivity index (χ3n) is 7.94. The Morgan fingerprint density at radius 2 is 1.78 bits per heavy atom. The van der Waals surface area contributed by atoms with Gasteiger partial charge in [-0.2, -0.15) is 0 Å². The van der Waals surface area contributed by atoms with Gasteiger partial charge in [0.25, 0.3) is 5.56 Å². The van der Waals surface area contributed by atoms with E-state index >= 15 is 0 Å². The van der Waals surface area contributed by atoms with Crippen LogP contribution in [0.2, 0.25) is 25.7 Å². The third-order valence-corrected chi connectivity index (χ3v) is 9.64. The SMILES string of the molecule is CCCCCOc1ccc(C(=O)[C@H]2CC[C@@H](Cn3nnc4ccc(C)cc4c3=O)[C@@H]2C(=O)OCC[Si](C)(C)C)cc1. The zero-order valence-electron chi connectivity index (χ0n) is 25.0. The minimum Gasteiger partial charge on any atom is -0.494 e. The van der Waals surface area contributed by atoms with Crippen LogP contribution in [0.5, 0.6) is 5.75 Å². The van der Waals surface area contributed by atoms with Crippen molar-refractivity contribution in [2.75, 3.05) is 13.2 Å². The maximum Gasteiger partial charge on any atom is 0.310 e. The van der Waals surface area contributed by atoms with Crippen molar-refractivity contribution < 1.29 is 19.1 Å². The summed E-state index contributed by atoms with van der Waals surface area (Å²) in [5.74, 6) is -1.16. The number of fused-ring (bicyclic) bond motifs is 1. The first-order valence-corrected chi connectivity index (χ1v) is 18.6. The van der Waals surface area contributed by atoms with Crippen LogP contribution in [0, 0.1) is 24.7 Å². The third kappa shape index (κ3) is 7.90. The number of unbranched alkanes of at least 4 members (excludes halogenated alkanes) is 2. The topological polar surface area (TPSA) is 100 Å². The molecule has 220 valence electrons. The molecular weight excluding hydrogens is 534 g/mol. The molecule has 8 nitrogen and oxygen atoms in total. The molecule has 0 unspecified atom stereocenters. The quantitative estimate of drug-likeness (QED) is 0.105. The summed E-state index contributed by atoms with van der Waals surface area (Å²) < 4.78 is 12.9. The number of esters is 1. The van der Waals surface area contributed by atoms with E-state index in [0.29, 0.717) is 42.5 Å². The average Bonchev–Trinajstić information content (AvgIpc) is 3.36. The van der Waals surface area contributed by atoms with Crippen molar-refractivity contribution in [3.8, 4) is 5.75 Å². The summed E-state index contributed by atoms with van der Waals surface area (Å²) in [6.45, 7) is 12.0. The number of Topliss-reactive ketones (excluding diaryl/α,β-unsaturated/α-hetero) is 1. The minimum absolute atomic E-state index is 0.0789. The van der Waals surface area contributed by atoms with Crippen LogP contribution in [0.3, 0.4) is 0 Å². The Kier molecular flexibility index (Phi) is 10.1. The van der Waals surface area contributed by atoms with Crippen LogP contribution < -0.4 is 10.3 Å². The van der Waals surface area contributed by atoms with Crippen molar-refractivity contribution in [2.24, 2.45) is 17.8 Å². The van der Waals surface area contributed by atoms with Gasteiger partial charge in [0, 0.05) is 19.6 Å². The first-order chi connectivity index (χ1) is 19.6. The normalized spacial score (nSPS) is 18.9. The van der Waals surface area contributed by atoms with Crippen LogP contribution >= 0.6 is 0 Å². The van der Waals surface area contributed by atoms with Gasteiger partial charge in [0.15, 0.2) is 5.78 Å². The molecule has 1 fully saturated rings. The number of nitrogens with zero attached hydrogens (tertiary/aromatic N) is 3. The molecule has 3 atom stereocenters. The summed E-state index contributed by atoms with van der Waals surface area (Å²) in [6.07, 6.45) is 4.39. The maximum absolute atomic E-state index is 13.7. The molecule has 1 aliphatic rings. The van der Waals surface area contributed by atoms with E-state index in [1.54, 1.807) is 18.2 Å². The highest BCUT2D eigenvalue weighted by Crippen LogP contribution is 2.41. The van der Waals surface area contributed by atoms with Gasteiger partial charge >= 0.3 is 5.97 Å². The van der Waals surface area contributed by atoms with E-state index in [9.17, 15) is 14.4 Å². The standard InChI is InChI=1S/C32H43N3O5Si/c1-6-7-8-17-39-25-13-10-23(11-14-25)30(36)26-15-12-24(29(26)32(38)40-18-19-41(3,4)5)21-35-31(37)27-20-22(2)9-16-28(27)33-34-35/h9-11,13-14,16,20,24,26,29H,6-8,12,15,17-19,21H2,1-5H3/t24-,26-,29-/m0/s1. The molecular formula is C32H43N3O5Si. The van der Waals surface area contributed by atoms with Crippen LogP contribution in [0.15, 0.2) is 47.3 Å². The number of ketones is 1. The van der Waals surface area contributed by atoms with E-state index in [4.69, 9.17) is 9.47 Å². The Labute approximate surface area is 243 Å². The van der Waals surface area contributed by atoms with Crippen LogP contribution in [-0.4, -0.2) is 48.0 Å². The highest BCUT2D eigenvalue weighted by atomic mass is 28.3. The number of aromatic nitrogens is 3. The largest absolute Gasteiger partial charge is 0.494 e. The van der Waals surface area contributed by atoms with Crippen molar-refractivity contribution in [3.05, 3.63) is 63.9 Å². The Bertz CT molecular complexity index is 1410. The predicted octanol–water partition coefficient (Wildman–Crippen LogP) is 6.08. The van der Waals surface area contributed by atoms with E-state index in [0.717, 1.165) is 36.6 Å². The molecule has 3 aromatic rings. The first kappa shape index (κ1) is 30.6. The van der Waals surface area contributed by atoms with E-state index in [2.05, 4.69) is 36.9 Å². The van der Waals surface area contributed by atoms with Gasteiger partial charge in [0.1, 0.15) is 11.3 Å². The Hall–Kier alpha value is -3.33. The fraction of sp³-hybridized carbons (Fsp3) is 0.531. The number of aryl methyl sites for hydroxylation is 1. The van der Waals surface area contributed by atoms with E-state index < -0.39 is 19.9 Å². The number of hydrogen-bond acceptors (Lipinski definition) is 7. The number of carbonyl (C=O) groups excluding carboxylic acids is 2. The molecule has 0 aliphatic heterocycles. The summed E-state index contributed by atoms with van der Waals surface area (Å²) in [6, 6.07) is 13.5. The van der Waals surface area contributed by atoms with Crippen LogP contribution in [0.4, 0.5) is 0 Å². The number of benzene rings is 2. The fourth-order valence-electron chi connectivity index (χ4n) is 5.49. The Balaban J connectivity index is 1.54. The van der Waals surface area contributed by atoms with Gasteiger partial charge in [0.2, 0.25) is 0 Å². The average molecular weight is 578 g/mol. The van der Waals surface area contributed by atoms with Gasteiger partial charge in [-0.15, -0.1) is 5.10 Å². The van der Waals surface area contributed by atoms with E-state index in [1.807, 2.05) is 31.2 Å². The summed E-state index contributed by atoms with van der Waals surface area (Å²) in [5, 5.41) is 8.90. The zero-order valence-corrected chi connectivity index (χ0v) is 26.0. The van der Waals surface area contributed by atoms with E-state index in [-0.39, 0.29) is 29.8 Å². The molecule has 9 heteroatoms. The van der Waals surface area contributed by atoms with Gasteiger partial charge in [-0.05, 0) is 74.5 Å². The molecule has 0 bridgehead atoms. The molecule has 0 radical (unpaired) electrons. The number of ether oxygens (including phenoxy) is 2. The van der Waals surface area contributed by atoms with Crippen molar-refractivity contribution in [1.29, 1.82) is 0 Å². The van der Waals surface area contributed by atoms with Crippen molar-refractivity contribution in [1.82, 2.24) is 15.0 Å². The van der Waals surface area contributed by atoms with Gasteiger partial charge in [-0.25, -0.2) is 4.68 Å². The Morgan fingerprint density at radius 1 is 1.02 bits per heavy atom. The molecule has 0 amide bonds. The predicted molar refractivity (Wildman–Crippen MR) is 163 cm³/mol. The molecule has 0 saturated heterocycles. The first-order valence-electron chi connectivity index (χ1n) is 14.9. The highest BCUT2D eigenvalue weighted by molar-refractivity contribution is 6.76. The van der Waals surface area contributed by atoms with Crippen LogP contribution in [0.25, 0.3) is 10.9 Å². The van der Waals surface area contributed by atoms with Crippen LogP contribution in [0.1, 0.15) is 54.9 Å². The second-order valence-electron chi connectivity index (χ2n) is 12.5. The second-order valence-corrected chi connectivity index (χ2v) is 18.1. The fourth-order valence-corrected chi connectivity index (χ4v) is 6.21. The Morgan fingerprint density at radius 3 is 2.49 bits per heavy atom. The lowest BCUT2D eigenvalue weighted by atomic mass is 9.84. The lowest BCUT2D eigenvalue weighted by Gasteiger charge is -2.24. The molecule has 1 saturated carbocycles. The molecule has 0 spiro atoms. The van der Waals surface area contributed by atoms with Crippen LogP contribution in [-0.2, 0) is 16.1 Å². The summed E-state index contributed by atoms with van der Waals surface area (Å²) in [7, 11) is -1.41. The lowest BCUT2D eigenvalue weighted by Crippen LogP contribution is -2.36. The summed E-state index contributed by atoms with van der Waals surface area (Å²) >= 11 is 0. The maximum atomic E-state index is 13.7. The molecule has 1 aliphatic carbocycles. The zero-order chi connectivity index (χ0) is 29.6. The lowest BCUT2D eigenvalue weighted by molar-refractivity contribution is -0.150. The molecule has 2 aromatic carbocycles. The van der Waals surface area contributed by atoms with E-state index in [1.165, 1.54) is 4.68 Å². The highest BCUT2D eigenvalue weighted by Gasteiger charge is 2.46. The molecule has 0 N–H and O–H groups in total. The summed E-state index contributed by atoms with van der Waals surface area (Å²) in [4.78, 5) is 40.6. The van der Waals surface area contributed by atoms with Gasteiger partial charge in [-0.3, -0.25) is 14.4 Å². The molecule has 41 heavy (non-hydrogen) atoms. The molecule has 1 heterocycles. The number of rotatable bonds is 13. The van der Waals surface area contributed by atoms with Gasteiger partial charge < -0.3 is 9.47 Å². The monoisotopic (exact) mass is 577 g/mol. The van der Waals surface area contributed by atoms with Gasteiger partial charge in [-0.1, -0.05) is 56.2 Å². The summed E-state index contributed by atoms with van der Waals surface area (Å²) in [5.41, 5.74) is 1.81.